The molecule has 2 rings (SSSR count). The molecule has 1 aliphatic heterocycles. The zero-order valence-electron chi connectivity index (χ0n) is 15.3. The number of hydrogen-bond donors (Lipinski definition) is 4. The molecule has 1 heterocycles. The van der Waals surface area contributed by atoms with E-state index in [4.69, 9.17) is 15.3 Å². The minimum Gasteiger partial charge on any atom is -0.497 e. The van der Waals surface area contributed by atoms with E-state index in [1.807, 2.05) is 24.3 Å². The number of hydrazone groups is 1. The summed E-state index contributed by atoms with van der Waals surface area (Å²) in [6.07, 6.45) is 5.20. The molecule has 4 N–H and O–H groups in total. The van der Waals surface area contributed by atoms with Gasteiger partial charge in [0.1, 0.15) is 12.3 Å². The molecule has 0 spiro atoms. The predicted molar refractivity (Wildman–Crippen MR) is 107 cm³/mol. The lowest BCUT2D eigenvalue weighted by Crippen LogP contribution is -2.27. The van der Waals surface area contributed by atoms with Gasteiger partial charge in [0, 0.05) is 24.5 Å². The number of nitrogens with one attached hydrogen (secondary N) is 2. The summed E-state index contributed by atoms with van der Waals surface area (Å²) in [5.41, 5.74) is 1.38. The van der Waals surface area contributed by atoms with Crippen molar-refractivity contribution in [1.82, 2.24) is 10.3 Å². The Hall–Kier alpha value is -3.88. The molecule has 1 aromatic carbocycles. The standard InChI is InChI=1S/C19H21N5O4/c1-3-16(19(26)27)23-24-11-17(22-18(25)12-24)14(8-20)10-21-9-13-4-6-15(28-2)7-5-13/h3-8,10-11,20-21H,1,9,12H2,2H3,(H,22,25)(H,26,27)/b14-10+,20-8?,23-16+. The van der Waals surface area contributed by atoms with E-state index in [9.17, 15) is 9.90 Å². The fourth-order valence-corrected chi connectivity index (χ4v) is 2.26. The van der Waals surface area contributed by atoms with Gasteiger partial charge in [-0.3, -0.25) is 5.01 Å². The van der Waals surface area contributed by atoms with Crippen molar-refractivity contribution in [2.75, 3.05) is 13.7 Å². The Labute approximate surface area is 162 Å². The van der Waals surface area contributed by atoms with Crippen LogP contribution < -0.4 is 10.1 Å². The van der Waals surface area contributed by atoms with Crippen molar-refractivity contribution in [1.29, 1.82) is 5.41 Å². The fraction of sp³-hybridized carbons (Fsp3) is 0.158. The van der Waals surface area contributed by atoms with E-state index in [0.29, 0.717) is 12.1 Å². The average Bonchev–Trinajstić information content (AvgIpc) is 2.69. The SMILES string of the molecule is C=C/C(=N\N1C=C(/C(C=N)=C/NCc2ccc(OC)cc2)N=C(O)C1)C(=O)O. The molecule has 0 fully saturated rings. The first-order valence-electron chi connectivity index (χ1n) is 8.23. The highest BCUT2D eigenvalue weighted by Crippen LogP contribution is 2.16. The van der Waals surface area contributed by atoms with Crippen LogP contribution in [-0.2, 0) is 11.3 Å². The third-order valence-electron chi connectivity index (χ3n) is 3.65. The molecule has 0 unspecified atom stereocenters. The highest BCUT2D eigenvalue weighted by atomic mass is 16.5. The van der Waals surface area contributed by atoms with Crippen LogP contribution in [0.3, 0.4) is 0 Å². The first-order valence-corrected chi connectivity index (χ1v) is 8.23. The molecule has 0 saturated carbocycles. The predicted octanol–water partition coefficient (Wildman–Crippen LogP) is 2.06. The van der Waals surface area contributed by atoms with E-state index < -0.39 is 5.97 Å². The van der Waals surface area contributed by atoms with E-state index in [2.05, 4.69) is 22.0 Å². The molecular formula is C19H21N5O4. The van der Waals surface area contributed by atoms with Gasteiger partial charge in [-0.2, -0.15) is 5.10 Å². The van der Waals surface area contributed by atoms with Gasteiger partial charge in [-0.15, -0.1) is 0 Å². The van der Waals surface area contributed by atoms with Gasteiger partial charge in [-0.25, -0.2) is 9.79 Å². The summed E-state index contributed by atoms with van der Waals surface area (Å²) in [6, 6.07) is 7.51. The van der Waals surface area contributed by atoms with E-state index in [1.54, 1.807) is 13.3 Å². The number of benzene rings is 1. The number of aliphatic carboxylic acids is 1. The normalized spacial score (nSPS) is 14.7. The van der Waals surface area contributed by atoms with E-state index >= 15 is 0 Å². The minimum atomic E-state index is -1.24. The van der Waals surface area contributed by atoms with Gasteiger partial charge in [0.05, 0.1) is 19.0 Å². The van der Waals surface area contributed by atoms with Crippen molar-refractivity contribution in [3.63, 3.8) is 0 Å². The van der Waals surface area contributed by atoms with Crippen molar-refractivity contribution < 1.29 is 19.7 Å². The Morgan fingerprint density at radius 3 is 2.75 bits per heavy atom. The van der Waals surface area contributed by atoms with Crippen LogP contribution in [0.15, 0.2) is 70.7 Å². The van der Waals surface area contributed by atoms with Gasteiger partial charge in [0.2, 0.25) is 5.90 Å². The first-order chi connectivity index (χ1) is 13.5. The minimum absolute atomic E-state index is 0.0846. The van der Waals surface area contributed by atoms with Gasteiger partial charge in [-0.1, -0.05) is 18.7 Å². The molecule has 28 heavy (non-hydrogen) atoms. The van der Waals surface area contributed by atoms with Gasteiger partial charge < -0.3 is 25.7 Å². The van der Waals surface area contributed by atoms with Gasteiger partial charge in [0.25, 0.3) is 0 Å². The maximum Gasteiger partial charge on any atom is 0.356 e. The Morgan fingerprint density at radius 2 is 2.18 bits per heavy atom. The van der Waals surface area contributed by atoms with Crippen LogP contribution in [0, 0.1) is 5.41 Å². The number of carboxylic acid groups (broad SMARTS) is 1. The van der Waals surface area contributed by atoms with Crippen LogP contribution in [0.4, 0.5) is 0 Å². The zero-order chi connectivity index (χ0) is 20.5. The third-order valence-corrected chi connectivity index (χ3v) is 3.65. The zero-order valence-corrected chi connectivity index (χ0v) is 15.3. The lowest BCUT2D eigenvalue weighted by atomic mass is 10.2. The molecule has 1 aliphatic rings. The summed E-state index contributed by atoms with van der Waals surface area (Å²) in [4.78, 5) is 15.1. The monoisotopic (exact) mass is 383 g/mol. The molecule has 9 nitrogen and oxygen atoms in total. The van der Waals surface area contributed by atoms with Gasteiger partial charge in [0.15, 0.2) is 5.71 Å². The first kappa shape index (κ1) is 20.4. The summed E-state index contributed by atoms with van der Waals surface area (Å²) < 4.78 is 5.11. The molecule has 0 aromatic heterocycles. The number of hydrogen-bond acceptors (Lipinski definition) is 7. The largest absolute Gasteiger partial charge is 0.497 e. The number of aliphatic imine (C=N–C) groups is 1. The number of carboxylic acids is 1. The summed E-state index contributed by atoms with van der Waals surface area (Å²) in [7, 11) is 1.60. The number of methoxy groups -OCH3 is 1. The van der Waals surface area contributed by atoms with Crippen LogP contribution in [0.25, 0.3) is 0 Å². The number of nitrogens with zero attached hydrogens (tertiary/aromatic N) is 3. The van der Waals surface area contributed by atoms with E-state index in [-0.39, 0.29) is 23.9 Å². The summed E-state index contributed by atoms with van der Waals surface area (Å²) >= 11 is 0. The molecule has 0 aliphatic carbocycles. The average molecular weight is 383 g/mol. The Balaban J connectivity index is 2.15. The summed E-state index contributed by atoms with van der Waals surface area (Å²) in [5, 5.41) is 34.7. The number of aliphatic hydroxyl groups is 1. The molecule has 9 heteroatoms. The third kappa shape index (κ3) is 5.56. The van der Waals surface area contributed by atoms with Crippen molar-refractivity contribution >= 4 is 23.8 Å². The van der Waals surface area contributed by atoms with Crippen LogP contribution >= 0.6 is 0 Å². The molecule has 1 aromatic rings. The molecule has 0 bridgehead atoms. The van der Waals surface area contributed by atoms with Gasteiger partial charge >= 0.3 is 5.97 Å². The van der Waals surface area contributed by atoms with Crippen LogP contribution in [0.5, 0.6) is 5.75 Å². The number of carbonyl (C=O) groups is 1. The second-order valence-corrected chi connectivity index (χ2v) is 5.61. The lowest BCUT2D eigenvalue weighted by Gasteiger charge is -2.20. The second-order valence-electron chi connectivity index (χ2n) is 5.61. The smallest absolute Gasteiger partial charge is 0.356 e. The fourth-order valence-electron chi connectivity index (χ4n) is 2.26. The summed E-state index contributed by atoms with van der Waals surface area (Å²) in [6.45, 7) is 3.82. The Kier molecular flexibility index (Phi) is 7.09. The molecule has 0 amide bonds. The van der Waals surface area contributed by atoms with E-state index in [1.165, 1.54) is 11.2 Å². The maximum atomic E-state index is 11.1. The van der Waals surface area contributed by atoms with Gasteiger partial charge in [-0.05, 0) is 23.8 Å². The summed E-state index contributed by atoms with van der Waals surface area (Å²) in [5.74, 6) is -0.730. The number of allylic oxidation sites excluding steroid dienone is 1. The highest BCUT2D eigenvalue weighted by Gasteiger charge is 2.16. The molecular weight excluding hydrogens is 362 g/mol. The molecule has 0 atom stereocenters. The number of rotatable bonds is 9. The molecule has 0 radical (unpaired) electrons. The number of aliphatic hydroxyl groups excluding tert-OH is 1. The molecule has 0 saturated heterocycles. The van der Waals surface area contributed by atoms with Crippen molar-refractivity contribution in [3.05, 3.63) is 66.2 Å². The van der Waals surface area contributed by atoms with Crippen molar-refractivity contribution in [3.8, 4) is 5.75 Å². The topological polar surface area (TPSA) is 131 Å². The van der Waals surface area contributed by atoms with Crippen LogP contribution in [0.1, 0.15) is 5.56 Å². The second kappa shape index (κ2) is 9.72. The maximum absolute atomic E-state index is 11.1. The Morgan fingerprint density at radius 1 is 1.46 bits per heavy atom. The quantitative estimate of drug-likeness (QED) is 0.483. The highest BCUT2D eigenvalue weighted by molar-refractivity contribution is 6.40. The van der Waals surface area contributed by atoms with E-state index in [0.717, 1.165) is 23.6 Å². The van der Waals surface area contributed by atoms with Crippen LogP contribution in [-0.4, -0.2) is 52.7 Å². The number of ether oxygens (including phenoxy) is 1. The van der Waals surface area contributed by atoms with Crippen LogP contribution in [0.2, 0.25) is 0 Å². The molecule has 146 valence electrons. The Bertz CT molecular complexity index is 869. The lowest BCUT2D eigenvalue weighted by molar-refractivity contribution is -0.129. The van der Waals surface area contributed by atoms with Crippen molar-refractivity contribution in [2.45, 2.75) is 6.54 Å². The van der Waals surface area contributed by atoms with Crippen molar-refractivity contribution in [2.24, 2.45) is 10.1 Å².